The van der Waals surface area contributed by atoms with Crippen LogP contribution in [0.1, 0.15) is 23.0 Å². The number of carbonyl (C=O) groups is 3. The van der Waals surface area contributed by atoms with Gasteiger partial charge in [-0.15, -0.1) is 11.3 Å². The lowest BCUT2D eigenvalue weighted by Crippen LogP contribution is -2.47. The fourth-order valence-corrected chi connectivity index (χ4v) is 3.48. The van der Waals surface area contributed by atoms with E-state index in [2.05, 4.69) is 0 Å². The van der Waals surface area contributed by atoms with E-state index in [0.29, 0.717) is 10.5 Å². The molecule has 2 rings (SSSR count). The Bertz CT molecular complexity index is 584. The van der Waals surface area contributed by atoms with E-state index >= 15 is 0 Å². The molecule has 0 bridgehead atoms. The summed E-state index contributed by atoms with van der Waals surface area (Å²) in [6.45, 7) is 1.74. The molecule has 1 aliphatic carbocycles. The summed E-state index contributed by atoms with van der Waals surface area (Å²) in [4.78, 5) is 37.8. The molecule has 1 aromatic heterocycles. The summed E-state index contributed by atoms with van der Waals surface area (Å²) < 4.78 is 9.57. The van der Waals surface area contributed by atoms with Crippen LogP contribution in [-0.4, -0.2) is 31.9 Å². The van der Waals surface area contributed by atoms with Gasteiger partial charge in [0.1, 0.15) is 0 Å². The second-order valence-corrected chi connectivity index (χ2v) is 5.83. The Balaban J connectivity index is 2.52. The van der Waals surface area contributed by atoms with E-state index in [4.69, 9.17) is 9.47 Å². The summed E-state index contributed by atoms with van der Waals surface area (Å²) in [7, 11) is 2.40. The molecule has 0 aromatic carbocycles. The molecule has 1 heterocycles. The number of hydrogen-bond donors (Lipinski definition) is 0. The lowest BCUT2D eigenvalue weighted by molar-refractivity contribution is -0.170. The predicted molar refractivity (Wildman–Crippen MR) is 77.0 cm³/mol. The van der Waals surface area contributed by atoms with Crippen molar-refractivity contribution in [3.8, 4) is 0 Å². The predicted octanol–water partition coefficient (Wildman–Crippen LogP) is 2.23. The highest BCUT2D eigenvalue weighted by Crippen LogP contribution is 2.47. The van der Waals surface area contributed by atoms with Crippen LogP contribution in [0.3, 0.4) is 0 Å². The zero-order chi connectivity index (χ0) is 15.6. The summed E-state index contributed by atoms with van der Waals surface area (Å²) in [6.07, 6.45) is 1.84. The zero-order valence-electron chi connectivity index (χ0n) is 12.0. The fourth-order valence-electron chi connectivity index (χ4n) is 2.79. The van der Waals surface area contributed by atoms with Crippen molar-refractivity contribution in [2.75, 3.05) is 14.2 Å². The lowest BCUT2D eigenvalue weighted by atomic mass is 9.72. The van der Waals surface area contributed by atoms with E-state index in [1.54, 1.807) is 30.5 Å². The molecule has 0 N–H and O–H groups in total. The minimum atomic E-state index is -1.62. The summed E-state index contributed by atoms with van der Waals surface area (Å²) in [6, 6.07) is 3.43. The van der Waals surface area contributed by atoms with Gasteiger partial charge >= 0.3 is 11.9 Å². The molecule has 112 valence electrons. The van der Waals surface area contributed by atoms with Gasteiger partial charge in [-0.3, -0.25) is 14.4 Å². The number of allylic oxidation sites excluding steroid dienone is 2. The van der Waals surface area contributed by atoms with Gasteiger partial charge in [0.15, 0.2) is 11.2 Å². The Kier molecular flexibility index (Phi) is 4.27. The van der Waals surface area contributed by atoms with Crippen LogP contribution in [0.2, 0.25) is 0 Å². The van der Waals surface area contributed by atoms with E-state index in [-0.39, 0.29) is 12.2 Å². The van der Waals surface area contributed by atoms with Gasteiger partial charge in [-0.25, -0.2) is 0 Å². The second-order valence-electron chi connectivity index (χ2n) is 4.88. The van der Waals surface area contributed by atoms with Gasteiger partial charge in [-0.1, -0.05) is 17.7 Å². The van der Waals surface area contributed by atoms with Crippen LogP contribution in [0.25, 0.3) is 0 Å². The third kappa shape index (κ3) is 2.29. The molecular weight excluding hydrogens is 292 g/mol. The van der Waals surface area contributed by atoms with Crippen LogP contribution >= 0.6 is 11.3 Å². The zero-order valence-corrected chi connectivity index (χ0v) is 12.9. The van der Waals surface area contributed by atoms with Crippen molar-refractivity contribution in [1.82, 2.24) is 0 Å². The maximum atomic E-state index is 12.7. The van der Waals surface area contributed by atoms with E-state index in [1.807, 2.05) is 0 Å². The maximum absolute atomic E-state index is 12.7. The maximum Gasteiger partial charge on any atom is 0.324 e. The van der Waals surface area contributed by atoms with Gasteiger partial charge < -0.3 is 9.47 Å². The van der Waals surface area contributed by atoms with Gasteiger partial charge in [-0.2, -0.15) is 0 Å². The second kappa shape index (κ2) is 5.81. The van der Waals surface area contributed by atoms with Crippen molar-refractivity contribution in [1.29, 1.82) is 0 Å². The molecule has 0 saturated heterocycles. The van der Waals surface area contributed by atoms with Crippen molar-refractivity contribution in [2.24, 2.45) is 11.3 Å². The van der Waals surface area contributed by atoms with Crippen LogP contribution in [-0.2, 0) is 19.1 Å². The Morgan fingerprint density at radius 3 is 2.33 bits per heavy atom. The standard InChI is InChI=1S/C15H16O5S/c1-9-6-7-15(13(17)19-2,14(18)20-3)11(9)12(16)10-5-4-8-21-10/h4-6,8,11H,7H2,1-3H3/t11-/m0/s1. The number of methoxy groups -OCH3 is 2. The molecular formula is C15H16O5S. The summed E-state index contributed by atoms with van der Waals surface area (Å²) in [5, 5.41) is 1.78. The van der Waals surface area contributed by atoms with Crippen LogP contribution in [0.15, 0.2) is 29.2 Å². The highest BCUT2D eigenvalue weighted by molar-refractivity contribution is 7.12. The van der Waals surface area contributed by atoms with Crippen molar-refractivity contribution in [3.05, 3.63) is 34.0 Å². The van der Waals surface area contributed by atoms with Gasteiger partial charge in [0, 0.05) is 0 Å². The first-order valence-corrected chi connectivity index (χ1v) is 7.28. The molecule has 1 atom stereocenters. The third-order valence-corrected chi connectivity index (χ3v) is 4.70. The molecule has 21 heavy (non-hydrogen) atoms. The topological polar surface area (TPSA) is 69.7 Å². The number of carbonyl (C=O) groups excluding carboxylic acids is 3. The number of esters is 2. The average Bonchev–Trinajstić information content (AvgIpc) is 3.13. The van der Waals surface area contributed by atoms with Crippen LogP contribution in [0.5, 0.6) is 0 Å². The quantitative estimate of drug-likeness (QED) is 0.369. The van der Waals surface area contributed by atoms with E-state index < -0.39 is 23.3 Å². The molecule has 0 amide bonds. The molecule has 0 aliphatic heterocycles. The normalized spacial score (nSPS) is 19.8. The first-order chi connectivity index (χ1) is 9.98. The molecule has 0 unspecified atom stereocenters. The number of thiophene rings is 1. The minimum Gasteiger partial charge on any atom is -0.468 e. The number of ketones is 1. The SMILES string of the molecule is COC(=O)C1(C(=O)OC)CC=C(C)[C@H]1C(=O)c1cccs1. The Labute approximate surface area is 126 Å². The van der Waals surface area contributed by atoms with Crippen LogP contribution in [0.4, 0.5) is 0 Å². The van der Waals surface area contributed by atoms with Gasteiger partial charge in [0.25, 0.3) is 0 Å². The number of ether oxygens (including phenoxy) is 2. The highest BCUT2D eigenvalue weighted by Gasteiger charge is 2.59. The number of rotatable bonds is 4. The van der Waals surface area contributed by atoms with E-state index in [0.717, 1.165) is 0 Å². The molecule has 1 aliphatic rings. The Hall–Kier alpha value is -1.95. The van der Waals surface area contributed by atoms with Gasteiger partial charge in [0.2, 0.25) is 0 Å². The van der Waals surface area contributed by atoms with E-state index in [9.17, 15) is 14.4 Å². The van der Waals surface area contributed by atoms with E-state index in [1.165, 1.54) is 25.6 Å². The highest BCUT2D eigenvalue weighted by atomic mass is 32.1. The third-order valence-electron chi connectivity index (χ3n) is 3.82. The minimum absolute atomic E-state index is 0.111. The average molecular weight is 308 g/mol. The molecule has 6 heteroatoms. The molecule has 0 fully saturated rings. The smallest absolute Gasteiger partial charge is 0.324 e. The molecule has 0 saturated carbocycles. The lowest BCUT2D eigenvalue weighted by Gasteiger charge is -2.30. The van der Waals surface area contributed by atoms with Crippen molar-refractivity contribution in [3.63, 3.8) is 0 Å². The first-order valence-electron chi connectivity index (χ1n) is 6.40. The Morgan fingerprint density at radius 1 is 1.24 bits per heavy atom. The van der Waals surface area contributed by atoms with Gasteiger partial charge in [0.05, 0.1) is 25.0 Å². The molecule has 5 nitrogen and oxygen atoms in total. The summed E-state index contributed by atoms with van der Waals surface area (Å²) >= 11 is 1.28. The van der Waals surface area contributed by atoms with Crippen molar-refractivity contribution in [2.45, 2.75) is 13.3 Å². The Morgan fingerprint density at radius 2 is 1.86 bits per heavy atom. The van der Waals surface area contributed by atoms with Crippen LogP contribution in [0, 0.1) is 11.3 Å². The molecule has 1 aromatic rings. The molecule has 0 radical (unpaired) electrons. The van der Waals surface area contributed by atoms with Crippen molar-refractivity contribution < 1.29 is 23.9 Å². The summed E-state index contributed by atoms with van der Waals surface area (Å²) in [5.41, 5.74) is -0.932. The van der Waals surface area contributed by atoms with Gasteiger partial charge in [-0.05, 0) is 24.8 Å². The number of Topliss-reactive ketones (excluding diaryl/α,β-unsaturated/α-hetero) is 1. The molecule has 0 spiro atoms. The fraction of sp³-hybridized carbons (Fsp3) is 0.400. The summed E-state index contributed by atoms with van der Waals surface area (Å²) in [5.74, 6) is -2.61. The van der Waals surface area contributed by atoms with Crippen molar-refractivity contribution >= 4 is 29.1 Å². The first kappa shape index (κ1) is 15.4. The monoisotopic (exact) mass is 308 g/mol. The largest absolute Gasteiger partial charge is 0.468 e. The number of hydrogen-bond acceptors (Lipinski definition) is 6. The van der Waals surface area contributed by atoms with Crippen LogP contribution < -0.4 is 0 Å².